The fourth-order valence-electron chi connectivity index (χ4n) is 3.15. The lowest BCUT2D eigenvalue weighted by Crippen LogP contribution is -2.23. The van der Waals surface area contributed by atoms with E-state index in [2.05, 4.69) is 37.5 Å². The third kappa shape index (κ3) is 3.52. The average molecular weight is 351 g/mol. The number of hydrogen-bond acceptors (Lipinski definition) is 7. The summed E-state index contributed by atoms with van der Waals surface area (Å²) < 4.78 is 0. The van der Waals surface area contributed by atoms with Crippen LogP contribution in [-0.2, 0) is 6.54 Å². The Morgan fingerprint density at radius 1 is 1.40 bits per heavy atom. The first-order chi connectivity index (χ1) is 12.3. The zero-order chi connectivity index (χ0) is 17.1. The first kappa shape index (κ1) is 15.7. The van der Waals surface area contributed by atoms with E-state index in [1.807, 2.05) is 24.5 Å². The number of pyridine rings is 1. The van der Waals surface area contributed by atoms with Crippen LogP contribution in [0.4, 0.5) is 10.9 Å². The molecule has 0 aliphatic carbocycles. The van der Waals surface area contributed by atoms with Crippen LogP contribution in [0.5, 0.6) is 0 Å². The van der Waals surface area contributed by atoms with Crippen molar-refractivity contribution in [3.8, 4) is 6.07 Å². The molecule has 1 saturated heterocycles. The molecule has 1 atom stereocenters. The summed E-state index contributed by atoms with van der Waals surface area (Å²) in [5, 5.41) is 19.7. The van der Waals surface area contributed by atoms with E-state index in [1.54, 1.807) is 6.20 Å². The number of anilines is 2. The Morgan fingerprint density at radius 3 is 3.16 bits per heavy atom. The molecule has 4 heterocycles. The van der Waals surface area contributed by atoms with Gasteiger partial charge in [0.15, 0.2) is 5.13 Å². The van der Waals surface area contributed by atoms with E-state index >= 15 is 0 Å². The largest absolute Gasteiger partial charge is 0.316 e. The summed E-state index contributed by atoms with van der Waals surface area (Å²) in [6, 6.07) is 8.42. The summed E-state index contributed by atoms with van der Waals surface area (Å²) in [5.41, 5.74) is 2.25. The zero-order valence-electron chi connectivity index (χ0n) is 13.5. The number of hydrogen-bond donors (Lipinski definition) is 2. The number of H-pyrrole nitrogens is 1. The van der Waals surface area contributed by atoms with Gasteiger partial charge in [0.05, 0.1) is 24.1 Å². The van der Waals surface area contributed by atoms with Gasteiger partial charge in [-0.25, -0.2) is 9.97 Å². The molecule has 0 radical (unpaired) electrons. The topological polar surface area (TPSA) is 93.5 Å². The molecule has 3 aromatic heterocycles. The molecule has 7 nitrogen and oxygen atoms in total. The van der Waals surface area contributed by atoms with Crippen molar-refractivity contribution in [1.29, 1.82) is 5.26 Å². The zero-order valence-corrected chi connectivity index (χ0v) is 14.3. The van der Waals surface area contributed by atoms with Crippen LogP contribution in [0, 0.1) is 11.3 Å². The van der Waals surface area contributed by atoms with Gasteiger partial charge >= 0.3 is 0 Å². The molecular formula is C17H17N7S. The summed E-state index contributed by atoms with van der Waals surface area (Å²) in [6.07, 6.45) is 7.65. The highest BCUT2D eigenvalue weighted by atomic mass is 32.1. The van der Waals surface area contributed by atoms with Crippen LogP contribution in [0.3, 0.4) is 0 Å². The summed E-state index contributed by atoms with van der Waals surface area (Å²) in [4.78, 5) is 12.0. The highest BCUT2D eigenvalue weighted by Gasteiger charge is 2.27. The minimum Gasteiger partial charge on any atom is -0.316 e. The SMILES string of the molecule is N#Cc1cnc(Nc2cccc([C@H]3CCCN3Cc3cn[nH]c3)n2)s1. The number of nitrogens with zero attached hydrogens (tertiary/aromatic N) is 5. The third-order valence-corrected chi connectivity index (χ3v) is 5.08. The Labute approximate surface area is 149 Å². The van der Waals surface area contributed by atoms with E-state index in [1.165, 1.54) is 23.3 Å². The molecule has 2 N–H and O–H groups in total. The van der Waals surface area contributed by atoms with Crippen LogP contribution in [0.1, 0.15) is 35.0 Å². The second-order valence-electron chi connectivity index (χ2n) is 5.95. The first-order valence-corrected chi connectivity index (χ1v) is 8.95. The lowest BCUT2D eigenvalue weighted by Gasteiger charge is -2.23. The van der Waals surface area contributed by atoms with Gasteiger partial charge in [-0.15, -0.1) is 0 Å². The van der Waals surface area contributed by atoms with Crippen molar-refractivity contribution < 1.29 is 0 Å². The van der Waals surface area contributed by atoms with E-state index in [-0.39, 0.29) is 0 Å². The third-order valence-electron chi connectivity index (χ3n) is 4.27. The highest BCUT2D eigenvalue weighted by molar-refractivity contribution is 7.16. The van der Waals surface area contributed by atoms with Crippen molar-refractivity contribution >= 4 is 22.3 Å². The standard InChI is InChI=1S/C17H17N7S/c18-7-13-10-19-17(25-13)23-16-5-1-3-14(22-16)15-4-2-6-24(15)11-12-8-20-21-9-12/h1,3,5,8-10,15H,2,4,6,11H2,(H,20,21)(H,19,22,23)/t15-/m1/s1. The van der Waals surface area contributed by atoms with Crippen molar-refractivity contribution in [3.05, 3.63) is 52.9 Å². The van der Waals surface area contributed by atoms with Crippen molar-refractivity contribution in [2.24, 2.45) is 0 Å². The van der Waals surface area contributed by atoms with Crippen LogP contribution < -0.4 is 5.32 Å². The van der Waals surface area contributed by atoms with E-state index in [0.717, 1.165) is 31.0 Å². The fourth-order valence-corrected chi connectivity index (χ4v) is 3.77. The van der Waals surface area contributed by atoms with Crippen LogP contribution in [0.2, 0.25) is 0 Å². The molecule has 1 aliphatic heterocycles. The Kier molecular flexibility index (Phi) is 4.41. The minimum absolute atomic E-state index is 0.308. The van der Waals surface area contributed by atoms with E-state index in [4.69, 9.17) is 10.2 Å². The van der Waals surface area contributed by atoms with Crippen LogP contribution in [0.15, 0.2) is 36.8 Å². The highest BCUT2D eigenvalue weighted by Crippen LogP contribution is 2.33. The van der Waals surface area contributed by atoms with Gasteiger partial charge in [0, 0.05) is 18.3 Å². The number of nitrogens with one attached hydrogen (secondary N) is 2. The smallest absolute Gasteiger partial charge is 0.189 e. The van der Waals surface area contributed by atoms with Crippen LogP contribution in [0.25, 0.3) is 0 Å². The summed E-state index contributed by atoms with van der Waals surface area (Å²) >= 11 is 1.32. The minimum atomic E-state index is 0.308. The fraction of sp³-hybridized carbons (Fsp3) is 0.294. The number of nitriles is 1. The molecule has 0 aromatic carbocycles. The Morgan fingerprint density at radius 2 is 2.36 bits per heavy atom. The summed E-state index contributed by atoms with van der Waals surface area (Å²) in [6.45, 7) is 1.94. The van der Waals surface area contributed by atoms with E-state index in [0.29, 0.717) is 16.1 Å². The monoisotopic (exact) mass is 351 g/mol. The Balaban J connectivity index is 1.51. The molecule has 126 valence electrons. The molecule has 4 rings (SSSR count). The second-order valence-corrected chi connectivity index (χ2v) is 6.98. The maximum atomic E-state index is 8.90. The molecule has 1 fully saturated rings. The molecule has 1 aliphatic rings. The number of aromatic amines is 1. The van der Waals surface area contributed by atoms with Gasteiger partial charge in [-0.1, -0.05) is 17.4 Å². The number of rotatable bonds is 5. The Bertz CT molecular complexity index is 881. The van der Waals surface area contributed by atoms with E-state index in [9.17, 15) is 0 Å². The van der Waals surface area contributed by atoms with Gasteiger partial charge in [-0.05, 0) is 31.5 Å². The van der Waals surface area contributed by atoms with Gasteiger partial charge in [-0.2, -0.15) is 10.4 Å². The van der Waals surface area contributed by atoms with Crippen molar-refractivity contribution in [2.75, 3.05) is 11.9 Å². The quantitative estimate of drug-likeness (QED) is 0.733. The van der Waals surface area contributed by atoms with Crippen molar-refractivity contribution in [2.45, 2.75) is 25.4 Å². The summed E-state index contributed by atoms with van der Waals surface area (Å²) in [5.74, 6) is 0.756. The number of aromatic nitrogens is 4. The van der Waals surface area contributed by atoms with Gasteiger partial charge in [-0.3, -0.25) is 10.00 Å². The number of thiazole rings is 1. The van der Waals surface area contributed by atoms with Gasteiger partial charge in [0.1, 0.15) is 16.8 Å². The molecule has 0 bridgehead atoms. The Hall–Kier alpha value is -2.76. The lowest BCUT2D eigenvalue weighted by molar-refractivity contribution is 0.244. The van der Waals surface area contributed by atoms with Crippen molar-refractivity contribution in [3.63, 3.8) is 0 Å². The maximum Gasteiger partial charge on any atom is 0.189 e. The second kappa shape index (κ2) is 7.01. The number of likely N-dealkylation sites (tertiary alicyclic amines) is 1. The molecule has 0 saturated carbocycles. The predicted octanol–water partition coefficient (Wildman–Crippen LogP) is 3.21. The first-order valence-electron chi connectivity index (χ1n) is 8.13. The summed E-state index contributed by atoms with van der Waals surface area (Å²) in [7, 11) is 0. The molecule has 0 spiro atoms. The average Bonchev–Trinajstić information content (AvgIpc) is 3.37. The predicted molar refractivity (Wildman–Crippen MR) is 95.3 cm³/mol. The molecule has 3 aromatic rings. The van der Waals surface area contributed by atoms with Gasteiger partial charge in [0.2, 0.25) is 0 Å². The lowest BCUT2D eigenvalue weighted by atomic mass is 10.1. The van der Waals surface area contributed by atoms with E-state index < -0.39 is 0 Å². The van der Waals surface area contributed by atoms with Crippen molar-refractivity contribution in [1.82, 2.24) is 25.1 Å². The molecule has 25 heavy (non-hydrogen) atoms. The molecule has 0 unspecified atom stereocenters. The van der Waals surface area contributed by atoms with Crippen LogP contribution >= 0.6 is 11.3 Å². The normalized spacial score (nSPS) is 17.5. The molecular weight excluding hydrogens is 334 g/mol. The van der Waals surface area contributed by atoms with Gasteiger partial charge < -0.3 is 5.32 Å². The van der Waals surface area contributed by atoms with Crippen LogP contribution in [-0.4, -0.2) is 31.6 Å². The molecule has 8 heteroatoms. The maximum absolute atomic E-state index is 8.90. The molecule has 0 amide bonds. The van der Waals surface area contributed by atoms with Gasteiger partial charge in [0.25, 0.3) is 0 Å².